The number of nitrogen functional groups attached to an aromatic ring is 1. The SMILES string of the molecule is CCOC(=O)c1cnc(-c2ccc(CC)cc2)nc1N. The third-order valence-corrected chi connectivity index (χ3v) is 2.93. The van der Waals surface area contributed by atoms with E-state index >= 15 is 0 Å². The predicted octanol–water partition coefficient (Wildman–Crippen LogP) is 2.46. The number of nitrogens with zero attached hydrogens (tertiary/aromatic N) is 2. The van der Waals surface area contributed by atoms with Crippen LogP contribution in [0.1, 0.15) is 29.8 Å². The maximum atomic E-state index is 11.6. The van der Waals surface area contributed by atoms with Gasteiger partial charge in [0.15, 0.2) is 5.82 Å². The van der Waals surface area contributed by atoms with Gasteiger partial charge in [-0.05, 0) is 18.9 Å². The minimum absolute atomic E-state index is 0.132. The number of nitrogens with two attached hydrogens (primary N) is 1. The Morgan fingerprint density at radius 3 is 2.50 bits per heavy atom. The van der Waals surface area contributed by atoms with Crippen LogP contribution in [-0.2, 0) is 11.2 Å². The molecule has 0 aliphatic rings. The molecule has 20 heavy (non-hydrogen) atoms. The maximum absolute atomic E-state index is 11.6. The van der Waals surface area contributed by atoms with Crippen LogP contribution in [0, 0.1) is 0 Å². The van der Waals surface area contributed by atoms with Crippen molar-refractivity contribution < 1.29 is 9.53 Å². The molecule has 0 radical (unpaired) electrons. The van der Waals surface area contributed by atoms with E-state index in [-0.39, 0.29) is 11.4 Å². The maximum Gasteiger partial charge on any atom is 0.343 e. The summed E-state index contributed by atoms with van der Waals surface area (Å²) in [5, 5.41) is 0. The summed E-state index contributed by atoms with van der Waals surface area (Å²) in [6, 6.07) is 7.93. The summed E-state index contributed by atoms with van der Waals surface area (Å²) in [5.74, 6) is 0.129. The normalized spacial score (nSPS) is 10.3. The van der Waals surface area contributed by atoms with Gasteiger partial charge in [-0.2, -0.15) is 0 Å². The fourth-order valence-corrected chi connectivity index (χ4v) is 1.79. The van der Waals surface area contributed by atoms with E-state index in [9.17, 15) is 4.79 Å². The number of benzene rings is 1. The molecule has 5 nitrogen and oxygen atoms in total. The van der Waals surface area contributed by atoms with Crippen molar-refractivity contribution in [2.75, 3.05) is 12.3 Å². The van der Waals surface area contributed by atoms with Crippen molar-refractivity contribution in [1.29, 1.82) is 0 Å². The Bertz CT molecular complexity index is 609. The fraction of sp³-hybridized carbons (Fsp3) is 0.267. The van der Waals surface area contributed by atoms with Crippen LogP contribution in [0.4, 0.5) is 5.82 Å². The topological polar surface area (TPSA) is 78.1 Å². The minimum Gasteiger partial charge on any atom is -0.462 e. The average Bonchev–Trinajstić information content (AvgIpc) is 2.47. The van der Waals surface area contributed by atoms with E-state index in [0.29, 0.717) is 12.4 Å². The highest BCUT2D eigenvalue weighted by atomic mass is 16.5. The summed E-state index contributed by atoms with van der Waals surface area (Å²) in [5.41, 5.74) is 8.09. The molecule has 1 heterocycles. The summed E-state index contributed by atoms with van der Waals surface area (Å²) < 4.78 is 4.89. The Kier molecular flexibility index (Phi) is 4.30. The summed E-state index contributed by atoms with van der Waals surface area (Å²) in [6.45, 7) is 4.12. The quantitative estimate of drug-likeness (QED) is 0.864. The van der Waals surface area contributed by atoms with Crippen molar-refractivity contribution in [2.45, 2.75) is 20.3 Å². The molecule has 0 bridgehead atoms. The third-order valence-electron chi connectivity index (χ3n) is 2.93. The van der Waals surface area contributed by atoms with Gasteiger partial charge < -0.3 is 10.5 Å². The molecule has 0 fully saturated rings. The van der Waals surface area contributed by atoms with Gasteiger partial charge in [-0.25, -0.2) is 14.8 Å². The first-order chi connectivity index (χ1) is 9.65. The van der Waals surface area contributed by atoms with E-state index in [1.807, 2.05) is 24.3 Å². The van der Waals surface area contributed by atoms with Crippen molar-refractivity contribution >= 4 is 11.8 Å². The number of carbonyl (C=O) groups is 1. The lowest BCUT2D eigenvalue weighted by Crippen LogP contribution is -2.10. The van der Waals surface area contributed by atoms with Crippen LogP contribution in [0.5, 0.6) is 0 Å². The Balaban J connectivity index is 2.30. The van der Waals surface area contributed by atoms with E-state index in [0.717, 1.165) is 12.0 Å². The van der Waals surface area contributed by atoms with Crippen LogP contribution in [0.2, 0.25) is 0 Å². The zero-order valence-electron chi connectivity index (χ0n) is 11.6. The molecule has 0 aliphatic heterocycles. The number of aromatic nitrogens is 2. The number of hydrogen-bond donors (Lipinski definition) is 1. The van der Waals surface area contributed by atoms with E-state index < -0.39 is 5.97 Å². The summed E-state index contributed by atoms with van der Waals surface area (Å²) >= 11 is 0. The molecule has 0 unspecified atom stereocenters. The minimum atomic E-state index is -0.502. The number of esters is 1. The van der Waals surface area contributed by atoms with Gasteiger partial charge in [0.25, 0.3) is 0 Å². The van der Waals surface area contributed by atoms with Gasteiger partial charge in [0.1, 0.15) is 11.4 Å². The lowest BCUT2D eigenvalue weighted by atomic mass is 10.1. The van der Waals surface area contributed by atoms with Gasteiger partial charge in [-0.15, -0.1) is 0 Å². The second-order valence-electron chi connectivity index (χ2n) is 4.26. The van der Waals surface area contributed by atoms with Crippen molar-refractivity contribution in [3.8, 4) is 11.4 Å². The van der Waals surface area contributed by atoms with Crippen LogP contribution in [0.15, 0.2) is 30.5 Å². The van der Waals surface area contributed by atoms with E-state index in [2.05, 4.69) is 16.9 Å². The predicted molar refractivity (Wildman–Crippen MR) is 77.2 cm³/mol. The number of ether oxygens (including phenoxy) is 1. The third kappa shape index (κ3) is 2.93. The second-order valence-corrected chi connectivity index (χ2v) is 4.26. The van der Waals surface area contributed by atoms with Gasteiger partial charge in [0, 0.05) is 11.8 Å². The first-order valence-electron chi connectivity index (χ1n) is 6.54. The molecular formula is C15H17N3O2. The standard InChI is InChI=1S/C15H17N3O2/c1-3-10-5-7-11(8-6-10)14-17-9-12(13(16)18-14)15(19)20-4-2/h5-9H,3-4H2,1-2H3,(H2,16,17,18). The molecule has 1 aromatic heterocycles. The molecule has 1 aromatic carbocycles. The lowest BCUT2D eigenvalue weighted by molar-refractivity contribution is 0.0527. The van der Waals surface area contributed by atoms with Gasteiger partial charge in [0.2, 0.25) is 0 Å². The zero-order valence-corrected chi connectivity index (χ0v) is 11.6. The van der Waals surface area contributed by atoms with Crippen LogP contribution >= 0.6 is 0 Å². The Morgan fingerprint density at radius 1 is 1.25 bits per heavy atom. The number of anilines is 1. The van der Waals surface area contributed by atoms with Gasteiger partial charge in [-0.3, -0.25) is 0 Å². The van der Waals surface area contributed by atoms with Crippen molar-refractivity contribution in [2.24, 2.45) is 0 Å². The average molecular weight is 271 g/mol. The highest BCUT2D eigenvalue weighted by Crippen LogP contribution is 2.19. The van der Waals surface area contributed by atoms with Gasteiger partial charge in [0.05, 0.1) is 6.61 Å². The number of carbonyl (C=O) groups excluding carboxylic acids is 1. The number of hydrogen-bond acceptors (Lipinski definition) is 5. The molecule has 2 rings (SSSR count). The highest BCUT2D eigenvalue weighted by molar-refractivity contribution is 5.94. The Hall–Kier alpha value is -2.43. The van der Waals surface area contributed by atoms with Crippen molar-refractivity contribution in [3.05, 3.63) is 41.6 Å². The summed E-state index contributed by atoms with van der Waals surface area (Å²) in [4.78, 5) is 20.0. The lowest BCUT2D eigenvalue weighted by Gasteiger charge is -2.06. The van der Waals surface area contributed by atoms with Gasteiger partial charge >= 0.3 is 5.97 Å². The van der Waals surface area contributed by atoms with Crippen LogP contribution < -0.4 is 5.73 Å². The molecule has 2 aromatic rings. The van der Waals surface area contributed by atoms with Crippen LogP contribution in [-0.4, -0.2) is 22.5 Å². The van der Waals surface area contributed by atoms with E-state index in [1.54, 1.807) is 6.92 Å². The van der Waals surface area contributed by atoms with Crippen LogP contribution in [0.3, 0.4) is 0 Å². The van der Waals surface area contributed by atoms with Crippen LogP contribution in [0.25, 0.3) is 11.4 Å². The Labute approximate surface area is 117 Å². The summed E-state index contributed by atoms with van der Waals surface area (Å²) in [6.07, 6.45) is 2.38. The molecule has 0 saturated heterocycles. The first kappa shape index (κ1) is 14.0. The van der Waals surface area contributed by atoms with Crippen molar-refractivity contribution in [3.63, 3.8) is 0 Å². The van der Waals surface area contributed by atoms with E-state index in [4.69, 9.17) is 10.5 Å². The number of aryl methyl sites for hydroxylation is 1. The molecule has 0 saturated carbocycles. The molecule has 0 atom stereocenters. The first-order valence-corrected chi connectivity index (χ1v) is 6.54. The molecule has 2 N–H and O–H groups in total. The molecule has 104 valence electrons. The highest BCUT2D eigenvalue weighted by Gasteiger charge is 2.14. The molecule has 5 heteroatoms. The molecular weight excluding hydrogens is 254 g/mol. The number of rotatable bonds is 4. The van der Waals surface area contributed by atoms with E-state index in [1.165, 1.54) is 11.8 Å². The smallest absolute Gasteiger partial charge is 0.343 e. The summed E-state index contributed by atoms with van der Waals surface area (Å²) in [7, 11) is 0. The molecule has 0 aliphatic carbocycles. The second kappa shape index (κ2) is 6.14. The fourth-order valence-electron chi connectivity index (χ4n) is 1.79. The zero-order chi connectivity index (χ0) is 14.5. The molecule has 0 spiro atoms. The van der Waals surface area contributed by atoms with Gasteiger partial charge in [-0.1, -0.05) is 31.2 Å². The largest absolute Gasteiger partial charge is 0.462 e. The Morgan fingerprint density at radius 2 is 1.95 bits per heavy atom. The van der Waals surface area contributed by atoms with Crippen molar-refractivity contribution in [1.82, 2.24) is 9.97 Å². The molecule has 0 amide bonds. The monoisotopic (exact) mass is 271 g/mol.